The molecule has 86 valence electrons. The Morgan fingerprint density at radius 3 is 1.86 bits per heavy atom. The van der Waals surface area contributed by atoms with Crippen molar-refractivity contribution < 1.29 is 13.9 Å². The normalized spacial score (nSPS) is 13.1. The summed E-state index contributed by atoms with van der Waals surface area (Å²) in [4.78, 5) is 0. The number of unbranched alkanes of at least 4 members (excludes halogenated alkanes) is 6. The molecule has 1 unspecified atom stereocenters. The quantitative estimate of drug-likeness (QED) is 0.545. The highest BCUT2D eigenvalue weighted by atomic mass is 19.2. The van der Waals surface area contributed by atoms with Crippen LogP contribution in [0, 0.1) is 0 Å². The smallest absolute Gasteiger partial charge is 0.128 e. The first-order valence-electron chi connectivity index (χ1n) is 5.62. The predicted octanol–water partition coefficient (Wildman–Crippen LogP) is 3.41. The molecule has 0 saturated carbocycles. The molecule has 14 heavy (non-hydrogen) atoms. The van der Waals surface area contributed by atoms with Crippen molar-refractivity contribution in [3.63, 3.8) is 0 Å². The molecule has 0 aromatic heterocycles. The van der Waals surface area contributed by atoms with Crippen molar-refractivity contribution >= 4 is 0 Å². The zero-order valence-electron chi connectivity index (χ0n) is 8.85. The van der Waals surface area contributed by atoms with Crippen molar-refractivity contribution in [2.75, 3.05) is 13.3 Å². The predicted molar refractivity (Wildman–Crippen MR) is 54.9 cm³/mol. The molecule has 1 atom stereocenters. The van der Waals surface area contributed by atoms with Gasteiger partial charge >= 0.3 is 0 Å². The lowest BCUT2D eigenvalue weighted by atomic mass is 10.1. The summed E-state index contributed by atoms with van der Waals surface area (Å²) in [7, 11) is 0. The van der Waals surface area contributed by atoms with E-state index in [1.54, 1.807) is 0 Å². The Kier molecular flexibility index (Phi) is 10.8. The molecule has 0 aromatic carbocycles. The molecule has 1 N–H and O–H groups in total. The van der Waals surface area contributed by atoms with Crippen LogP contribution in [0.4, 0.5) is 8.78 Å². The van der Waals surface area contributed by atoms with E-state index in [1.807, 2.05) is 0 Å². The molecule has 0 rings (SSSR count). The van der Waals surface area contributed by atoms with E-state index >= 15 is 0 Å². The van der Waals surface area contributed by atoms with Gasteiger partial charge in [-0.05, 0) is 12.8 Å². The molecule has 0 bridgehead atoms. The van der Waals surface area contributed by atoms with Gasteiger partial charge in [-0.25, -0.2) is 8.78 Å². The summed E-state index contributed by atoms with van der Waals surface area (Å²) in [6.07, 6.45) is 6.27. The third kappa shape index (κ3) is 9.90. The molecule has 0 fully saturated rings. The molecule has 0 aromatic rings. The van der Waals surface area contributed by atoms with E-state index in [1.165, 1.54) is 0 Å². The molecular weight excluding hydrogens is 186 g/mol. The van der Waals surface area contributed by atoms with Crippen molar-refractivity contribution in [3.05, 3.63) is 0 Å². The first-order valence-corrected chi connectivity index (χ1v) is 5.62. The Morgan fingerprint density at radius 1 is 0.857 bits per heavy atom. The fraction of sp³-hybridized carbons (Fsp3) is 1.00. The average Bonchev–Trinajstić information content (AvgIpc) is 2.21. The summed E-state index contributed by atoms with van der Waals surface area (Å²) in [6.45, 7) is -0.559. The number of hydrogen-bond acceptors (Lipinski definition) is 1. The summed E-state index contributed by atoms with van der Waals surface area (Å²) in [5.74, 6) is 0. The lowest BCUT2D eigenvalue weighted by molar-refractivity contribution is 0.241. The summed E-state index contributed by atoms with van der Waals surface area (Å²) in [6, 6.07) is 0. The van der Waals surface area contributed by atoms with Gasteiger partial charge in [0.25, 0.3) is 0 Å². The summed E-state index contributed by atoms with van der Waals surface area (Å²) in [5, 5.41) is 8.52. The van der Waals surface area contributed by atoms with E-state index < -0.39 is 12.8 Å². The highest BCUT2D eigenvalue weighted by molar-refractivity contribution is 4.54. The first-order chi connectivity index (χ1) is 6.81. The van der Waals surface area contributed by atoms with Gasteiger partial charge in [0.2, 0.25) is 0 Å². The highest BCUT2D eigenvalue weighted by Gasteiger charge is 2.03. The van der Waals surface area contributed by atoms with Crippen LogP contribution >= 0.6 is 0 Å². The second-order valence-electron chi connectivity index (χ2n) is 3.74. The van der Waals surface area contributed by atoms with Gasteiger partial charge in [-0.1, -0.05) is 38.5 Å². The molecule has 1 nitrogen and oxygen atoms in total. The fourth-order valence-corrected chi connectivity index (χ4v) is 1.44. The van der Waals surface area contributed by atoms with Gasteiger partial charge in [-0.2, -0.15) is 0 Å². The molecule has 3 heteroatoms. The second-order valence-corrected chi connectivity index (χ2v) is 3.74. The first kappa shape index (κ1) is 13.8. The SMILES string of the molecule is OCCCCCCCCCC(F)CF. The number of rotatable bonds is 10. The van der Waals surface area contributed by atoms with Crippen LogP contribution in [0.3, 0.4) is 0 Å². The van der Waals surface area contributed by atoms with E-state index in [0.29, 0.717) is 6.42 Å². The third-order valence-corrected chi connectivity index (χ3v) is 2.34. The van der Waals surface area contributed by atoms with E-state index in [4.69, 9.17) is 5.11 Å². The van der Waals surface area contributed by atoms with Crippen molar-refractivity contribution in [1.82, 2.24) is 0 Å². The number of halogens is 2. The number of aliphatic hydroxyl groups is 1. The van der Waals surface area contributed by atoms with Gasteiger partial charge in [0.15, 0.2) is 0 Å². The van der Waals surface area contributed by atoms with Gasteiger partial charge in [0.05, 0.1) is 0 Å². The van der Waals surface area contributed by atoms with E-state index in [9.17, 15) is 8.78 Å². The minimum Gasteiger partial charge on any atom is -0.396 e. The zero-order valence-corrected chi connectivity index (χ0v) is 8.85. The zero-order chi connectivity index (χ0) is 10.6. The van der Waals surface area contributed by atoms with Gasteiger partial charge in [-0.3, -0.25) is 0 Å². The van der Waals surface area contributed by atoms with Gasteiger partial charge < -0.3 is 5.11 Å². The van der Waals surface area contributed by atoms with Crippen LogP contribution in [0.2, 0.25) is 0 Å². The standard InChI is InChI=1S/C11H22F2O/c12-10-11(13)8-6-4-2-1-3-5-7-9-14/h11,14H,1-10H2. The summed E-state index contributed by atoms with van der Waals surface area (Å²) in [5.41, 5.74) is 0. The maximum absolute atomic E-state index is 12.4. The average molecular weight is 208 g/mol. The Labute approximate surface area is 85.5 Å². The molecule has 0 saturated heterocycles. The van der Waals surface area contributed by atoms with Crippen molar-refractivity contribution in [2.24, 2.45) is 0 Å². The van der Waals surface area contributed by atoms with E-state index in [0.717, 1.165) is 44.9 Å². The van der Waals surface area contributed by atoms with Crippen molar-refractivity contribution in [3.8, 4) is 0 Å². The van der Waals surface area contributed by atoms with Crippen LogP contribution < -0.4 is 0 Å². The topological polar surface area (TPSA) is 20.2 Å². The van der Waals surface area contributed by atoms with Gasteiger partial charge in [-0.15, -0.1) is 0 Å². The Morgan fingerprint density at radius 2 is 1.36 bits per heavy atom. The molecule has 0 radical (unpaired) electrons. The summed E-state index contributed by atoms with van der Waals surface area (Å²) >= 11 is 0. The Hall–Kier alpha value is -0.180. The molecule has 0 amide bonds. The highest BCUT2D eigenvalue weighted by Crippen LogP contribution is 2.11. The fourth-order valence-electron chi connectivity index (χ4n) is 1.44. The van der Waals surface area contributed by atoms with E-state index in [-0.39, 0.29) is 6.61 Å². The molecule has 0 aliphatic heterocycles. The van der Waals surface area contributed by atoms with Gasteiger partial charge in [0, 0.05) is 6.61 Å². The Bertz CT molecular complexity index is 109. The molecule has 0 spiro atoms. The molecule has 0 heterocycles. The van der Waals surface area contributed by atoms with Gasteiger partial charge in [0.1, 0.15) is 12.8 Å². The lowest BCUT2D eigenvalue weighted by Gasteiger charge is -2.03. The molecule has 0 aliphatic rings. The van der Waals surface area contributed by atoms with Crippen molar-refractivity contribution in [1.29, 1.82) is 0 Å². The van der Waals surface area contributed by atoms with Crippen LogP contribution in [-0.2, 0) is 0 Å². The summed E-state index contributed by atoms with van der Waals surface area (Å²) < 4.78 is 24.1. The number of alkyl halides is 2. The van der Waals surface area contributed by atoms with Crippen LogP contribution in [0.5, 0.6) is 0 Å². The number of hydrogen-bond donors (Lipinski definition) is 1. The Balaban J connectivity index is 2.92. The maximum atomic E-state index is 12.4. The van der Waals surface area contributed by atoms with Crippen LogP contribution in [-0.4, -0.2) is 24.6 Å². The van der Waals surface area contributed by atoms with E-state index in [2.05, 4.69) is 0 Å². The molecule has 0 aliphatic carbocycles. The van der Waals surface area contributed by atoms with Crippen LogP contribution in [0.15, 0.2) is 0 Å². The minimum atomic E-state index is -1.25. The monoisotopic (exact) mass is 208 g/mol. The second kappa shape index (κ2) is 10.9. The number of aliphatic hydroxyl groups excluding tert-OH is 1. The van der Waals surface area contributed by atoms with Crippen LogP contribution in [0.25, 0.3) is 0 Å². The third-order valence-electron chi connectivity index (χ3n) is 2.34. The van der Waals surface area contributed by atoms with Crippen molar-refractivity contribution in [2.45, 2.75) is 57.5 Å². The van der Waals surface area contributed by atoms with Crippen LogP contribution in [0.1, 0.15) is 51.4 Å². The lowest BCUT2D eigenvalue weighted by Crippen LogP contribution is -2.01. The maximum Gasteiger partial charge on any atom is 0.128 e. The largest absolute Gasteiger partial charge is 0.396 e. The minimum absolute atomic E-state index is 0.278. The molecular formula is C11H22F2O.